The summed E-state index contributed by atoms with van der Waals surface area (Å²) in [5, 5.41) is 9.24. The monoisotopic (exact) mass is 222 g/mol. The standard InChI is InChI=1S/C13H22N2O/c1-13(2,3)6-12-14-7-11-5-4-10(9-16)8-15(11)12/h7,10,16H,4-6,8-9H2,1-3H3. The fourth-order valence-corrected chi connectivity index (χ4v) is 2.34. The van der Waals surface area contributed by atoms with Gasteiger partial charge in [-0.3, -0.25) is 0 Å². The van der Waals surface area contributed by atoms with Crippen LogP contribution in [0, 0.1) is 11.3 Å². The van der Waals surface area contributed by atoms with Gasteiger partial charge in [0.2, 0.25) is 0 Å². The Kier molecular flexibility index (Phi) is 3.06. The molecular formula is C13H22N2O. The highest BCUT2D eigenvalue weighted by Gasteiger charge is 2.23. The second kappa shape index (κ2) is 4.21. The number of hydrogen-bond acceptors (Lipinski definition) is 2. The maximum atomic E-state index is 9.24. The van der Waals surface area contributed by atoms with Crippen LogP contribution in [0.2, 0.25) is 0 Å². The molecule has 0 bridgehead atoms. The molecule has 1 aromatic heterocycles. The number of fused-ring (bicyclic) bond motifs is 1. The molecule has 3 heteroatoms. The van der Waals surface area contributed by atoms with E-state index in [1.807, 2.05) is 6.20 Å². The van der Waals surface area contributed by atoms with Crippen molar-refractivity contribution in [2.24, 2.45) is 11.3 Å². The predicted molar refractivity (Wildman–Crippen MR) is 64.3 cm³/mol. The van der Waals surface area contributed by atoms with Gasteiger partial charge in [-0.2, -0.15) is 0 Å². The van der Waals surface area contributed by atoms with Crippen molar-refractivity contribution in [3.05, 3.63) is 17.7 Å². The molecular weight excluding hydrogens is 200 g/mol. The summed E-state index contributed by atoms with van der Waals surface area (Å²) in [4.78, 5) is 4.53. The van der Waals surface area contributed by atoms with Crippen LogP contribution in [0.15, 0.2) is 6.20 Å². The molecule has 90 valence electrons. The average Bonchev–Trinajstić information content (AvgIpc) is 2.58. The third kappa shape index (κ3) is 2.46. The molecule has 0 spiro atoms. The Morgan fingerprint density at radius 3 is 2.88 bits per heavy atom. The smallest absolute Gasteiger partial charge is 0.109 e. The van der Waals surface area contributed by atoms with E-state index in [4.69, 9.17) is 0 Å². The summed E-state index contributed by atoms with van der Waals surface area (Å²) >= 11 is 0. The fourth-order valence-electron chi connectivity index (χ4n) is 2.34. The van der Waals surface area contributed by atoms with E-state index in [1.54, 1.807) is 0 Å². The highest BCUT2D eigenvalue weighted by Crippen LogP contribution is 2.25. The molecule has 1 N–H and O–H groups in total. The molecule has 2 heterocycles. The molecule has 1 atom stereocenters. The van der Waals surface area contributed by atoms with Gasteiger partial charge in [0.15, 0.2) is 0 Å². The van der Waals surface area contributed by atoms with E-state index in [9.17, 15) is 5.11 Å². The zero-order chi connectivity index (χ0) is 11.8. The lowest BCUT2D eigenvalue weighted by Crippen LogP contribution is -2.25. The lowest BCUT2D eigenvalue weighted by molar-refractivity contribution is 0.189. The van der Waals surface area contributed by atoms with Crippen LogP contribution >= 0.6 is 0 Å². The summed E-state index contributed by atoms with van der Waals surface area (Å²) < 4.78 is 2.32. The quantitative estimate of drug-likeness (QED) is 0.831. The zero-order valence-corrected chi connectivity index (χ0v) is 10.5. The first kappa shape index (κ1) is 11.6. The molecule has 1 aromatic rings. The molecule has 0 amide bonds. The van der Waals surface area contributed by atoms with Gasteiger partial charge >= 0.3 is 0 Å². The average molecular weight is 222 g/mol. The Morgan fingerprint density at radius 1 is 1.50 bits per heavy atom. The summed E-state index contributed by atoms with van der Waals surface area (Å²) in [5.74, 6) is 1.60. The molecule has 3 nitrogen and oxygen atoms in total. The van der Waals surface area contributed by atoms with Crippen LogP contribution in [-0.4, -0.2) is 21.3 Å². The van der Waals surface area contributed by atoms with Crippen LogP contribution in [0.25, 0.3) is 0 Å². The van der Waals surface area contributed by atoms with Crippen LogP contribution < -0.4 is 0 Å². The number of imidazole rings is 1. The van der Waals surface area contributed by atoms with E-state index in [0.29, 0.717) is 12.5 Å². The van der Waals surface area contributed by atoms with Gasteiger partial charge in [0.05, 0.1) is 0 Å². The summed E-state index contributed by atoms with van der Waals surface area (Å²) in [7, 11) is 0. The fraction of sp³-hybridized carbons (Fsp3) is 0.769. The number of rotatable bonds is 2. The number of nitrogens with zero attached hydrogens (tertiary/aromatic N) is 2. The Morgan fingerprint density at radius 2 is 2.25 bits per heavy atom. The van der Waals surface area contributed by atoms with Gasteiger partial charge in [-0.15, -0.1) is 0 Å². The number of aromatic nitrogens is 2. The van der Waals surface area contributed by atoms with Crippen molar-refractivity contribution in [2.45, 2.75) is 46.6 Å². The molecule has 2 rings (SSSR count). The van der Waals surface area contributed by atoms with Gasteiger partial charge in [-0.1, -0.05) is 20.8 Å². The molecule has 16 heavy (non-hydrogen) atoms. The SMILES string of the molecule is CC(C)(C)Cc1ncc2n1CC(CO)CC2. The highest BCUT2D eigenvalue weighted by atomic mass is 16.3. The summed E-state index contributed by atoms with van der Waals surface area (Å²) in [5.41, 5.74) is 1.61. The molecule has 0 saturated heterocycles. The summed E-state index contributed by atoms with van der Waals surface area (Å²) in [6, 6.07) is 0. The third-order valence-corrected chi connectivity index (χ3v) is 3.22. The Balaban J connectivity index is 2.20. The van der Waals surface area contributed by atoms with Gasteiger partial charge in [0, 0.05) is 37.4 Å². The summed E-state index contributed by atoms with van der Waals surface area (Å²) in [6.45, 7) is 7.95. The van der Waals surface area contributed by atoms with Gasteiger partial charge < -0.3 is 9.67 Å². The Hall–Kier alpha value is -0.830. The topological polar surface area (TPSA) is 38.0 Å². The number of aryl methyl sites for hydroxylation is 1. The maximum Gasteiger partial charge on any atom is 0.109 e. The van der Waals surface area contributed by atoms with E-state index < -0.39 is 0 Å². The normalized spacial score (nSPS) is 20.9. The molecule has 0 radical (unpaired) electrons. The molecule has 0 fully saturated rings. The van der Waals surface area contributed by atoms with E-state index in [1.165, 1.54) is 11.5 Å². The largest absolute Gasteiger partial charge is 0.396 e. The van der Waals surface area contributed by atoms with E-state index in [-0.39, 0.29) is 5.41 Å². The minimum atomic E-state index is 0.272. The van der Waals surface area contributed by atoms with E-state index in [0.717, 1.165) is 25.8 Å². The van der Waals surface area contributed by atoms with Gasteiger partial charge in [0.1, 0.15) is 5.82 Å². The van der Waals surface area contributed by atoms with Crippen LogP contribution in [-0.2, 0) is 19.4 Å². The van der Waals surface area contributed by atoms with Crippen LogP contribution in [0.3, 0.4) is 0 Å². The van der Waals surface area contributed by atoms with E-state index >= 15 is 0 Å². The van der Waals surface area contributed by atoms with Gasteiger partial charge in [-0.05, 0) is 18.3 Å². The van der Waals surface area contributed by atoms with Crippen LogP contribution in [0.5, 0.6) is 0 Å². The van der Waals surface area contributed by atoms with Gasteiger partial charge in [-0.25, -0.2) is 4.98 Å². The van der Waals surface area contributed by atoms with Crippen molar-refractivity contribution in [3.8, 4) is 0 Å². The number of hydrogen-bond donors (Lipinski definition) is 1. The molecule has 1 aliphatic heterocycles. The maximum absolute atomic E-state index is 9.24. The first-order valence-electron chi connectivity index (χ1n) is 6.14. The van der Waals surface area contributed by atoms with E-state index in [2.05, 4.69) is 30.3 Å². The third-order valence-electron chi connectivity index (χ3n) is 3.22. The Labute approximate surface area is 97.5 Å². The zero-order valence-electron chi connectivity index (χ0n) is 10.5. The lowest BCUT2D eigenvalue weighted by Gasteiger charge is -2.26. The van der Waals surface area contributed by atoms with Crippen molar-refractivity contribution in [1.29, 1.82) is 0 Å². The first-order chi connectivity index (χ1) is 7.49. The summed E-state index contributed by atoms with van der Waals surface area (Å²) in [6.07, 6.45) is 5.17. The second-order valence-electron chi connectivity index (χ2n) is 6.10. The van der Waals surface area contributed by atoms with Crippen molar-refractivity contribution < 1.29 is 5.11 Å². The first-order valence-corrected chi connectivity index (χ1v) is 6.14. The second-order valence-corrected chi connectivity index (χ2v) is 6.10. The van der Waals surface area contributed by atoms with Gasteiger partial charge in [0.25, 0.3) is 0 Å². The lowest BCUT2D eigenvalue weighted by atomic mass is 9.91. The molecule has 1 unspecified atom stereocenters. The Bertz CT molecular complexity index is 362. The molecule has 0 saturated carbocycles. The highest BCUT2D eigenvalue weighted by molar-refractivity contribution is 5.09. The van der Waals surface area contributed by atoms with Crippen molar-refractivity contribution in [1.82, 2.24) is 9.55 Å². The predicted octanol–water partition coefficient (Wildman–Crippen LogP) is 2.03. The minimum Gasteiger partial charge on any atom is -0.396 e. The molecule has 1 aliphatic rings. The van der Waals surface area contributed by atoms with Crippen molar-refractivity contribution in [3.63, 3.8) is 0 Å². The van der Waals surface area contributed by atoms with Crippen molar-refractivity contribution in [2.75, 3.05) is 6.61 Å². The molecule has 0 aliphatic carbocycles. The number of aliphatic hydroxyl groups excluding tert-OH is 1. The van der Waals surface area contributed by atoms with Crippen LogP contribution in [0.4, 0.5) is 0 Å². The number of aliphatic hydroxyl groups is 1. The minimum absolute atomic E-state index is 0.272. The van der Waals surface area contributed by atoms with Crippen molar-refractivity contribution >= 4 is 0 Å². The molecule has 0 aromatic carbocycles. The van der Waals surface area contributed by atoms with Crippen LogP contribution in [0.1, 0.15) is 38.7 Å².